The molecule has 0 bridgehead atoms. The van der Waals surface area contributed by atoms with Crippen LogP contribution in [0.1, 0.15) is 10.8 Å². The fraction of sp³-hybridized carbons (Fsp3) is 0.143. The van der Waals surface area contributed by atoms with Crippen molar-refractivity contribution >= 4 is 9.84 Å². The lowest BCUT2D eigenvalue weighted by molar-refractivity contribution is 0.582. The Bertz CT molecular complexity index is 594. The van der Waals surface area contributed by atoms with Crippen LogP contribution in [0, 0.1) is 0 Å². The Morgan fingerprint density at radius 3 is 1.89 bits per heavy atom. The third-order valence-electron chi connectivity index (χ3n) is 2.83. The quantitative estimate of drug-likeness (QED) is 0.917. The van der Waals surface area contributed by atoms with E-state index in [0.29, 0.717) is 4.90 Å². The predicted octanol–water partition coefficient (Wildman–Crippen LogP) is 2.16. The highest BCUT2D eigenvalue weighted by Gasteiger charge is 2.27. The zero-order valence-corrected chi connectivity index (χ0v) is 10.7. The summed E-state index contributed by atoms with van der Waals surface area (Å²) >= 11 is 0. The predicted molar refractivity (Wildman–Crippen MR) is 71.9 cm³/mol. The Morgan fingerprint density at radius 2 is 1.39 bits per heavy atom. The SMILES string of the molecule is NC[C@@H](c1ccccc1)S(=O)(=O)c1ccccc1. The summed E-state index contributed by atoms with van der Waals surface area (Å²) in [6.07, 6.45) is 0. The molecular weight excluding hydrogens is 246 g/mol. The fourth-order valence-electron chi connectivity index (χ4n) is 1.88. The maximum absolute atomic E-state index is 12.5. The molecule has 0 aliphatic rings. The third-order valence-corrected chi connectivity index (χ3v) is 4.97. The van der Waals surface area contributed by atoms with E-state index in [4.69, 9.17) is 5.73 Å². The van der Waals surface area contributed by atoms with Crippen LogP contribution in [0.4, 0.5) is 0 Å². The van der Waals surface area contributed by atoms with Crippen LogP contribution in [0.5, 0.6) is 0 Å². The Kier molecular flexibility index (Phi) is 3.79. The molecule has 1 atom stereocenters. The van der Waals surface area contributed by atoms with Gasteiger partial charge in [-0.3, -0.25) is 0 Å². The van der Waals surface area contributed by atoms with Crippen LogP contribution in [0.25, 0.3) is 0 Å². The summed E-state index contributed by atoms with van der Waals surface area (Å²) in [7, 11) is -3.43. The molecular formula is C14H15NO2S. The Morgan fingerprint density at radius 1 is 0.889 bits per heavy atom. The summed E-state index contributed by atoms with van der Waals surface area (Å²) in [5.41, 5.74) is 6.37. The molecule has 0 saturated carbocycles. The minimum atomic E-state index is -3.43. The second-order valence-corrected chi connectivity index (χ2v) is 6.12. The van der Waals surface area contributed by atoms with Gasteiger partial charge < -0.3 is 5.73 Å². The van der Waals surface area contributed by atoms with E-state index in [1.807, 2.05) is 18.2 Å². The second-order valence-electron chi connectivity index (χ2n) is 3.99. The molecule has 3 nitrogen and oxygen atoms in total. The third kappa shape index (κ3) is 2.44. The van der Waals surface area contributed by atoms with Crippen molar-refractivity contribution in [3.05, 3.63) is 66.2 Å². The summed E-state index contributed by atoms with van der Waals surface area (Å²) in [6, 6.07) is 17.5. The lowest BCUT2D eigenvalue weighted by atomic mass is 10.1. The van der Waals surface area contributed by atoms with Crippen LogP contribution >= 0.6 is 0 Å². The number of benzene rings is 2. The van der Waals surface area contributed by atoms with Gasteiger partial charge in [-0.15, -0.1) is 0 Å². The van der Waals surface area contributed by atoms with Gasteiger partial charge in [0.2, 0.25) is 0 Å². The van der Waals surface area contributed by atoms with Crippen molar-refractivity contribution in [3.8, 4) is 0 Å². The Balaban J connectivity index is 2.46. The van der Waals surface area contributed by atoms with Crippen LogP contribution in [-0.4, -0.2) is 15.0 Å². The highest BCUT2D eigenvalue weighted by atomic mass is 32.2. The van der Waals surface area contributed by atoms with Gasteiger partial charge in [-0.1, -0.05) is 48.5 Å². The molecule has 0 saturated heterocycles. The molecule has 4 heteroatoms. The molecule has 2 aromatic carbocycles. The van der Waals surface area contributed by atoms with Gasteiger partial charge in [0.15, 0.2) is 9.84 Å². The summed E-state index contributed by atoms with van der Waals surface area (Å²) in [4.78, 5) is 0.310. The first-order valence-electron chi connectivity index (χ1n) is 5.70. The molecule has 0 aromatic heterocycles. The lowest BCUT2D eigenvalue weighted by Crippen LogP contribution is -2.22. The van der Waals surface area contributed by atoms with Crippen molar-refractivity contribution in [1.82, 2.24) is 0 Å². The highest BCUT2D eigenvalue weighted by Crippen LogP contribution is 2.27. The maximum atomic E-state index is 12.5. The number of hydrogen-bond acceptors (Lipinski definition) is 3. The topological polar surface area (TPSA) is 60.2 Å². The van der Waals surface area contributed by atoms with Crippen LogP contribution in [0.2, 0.25) is 0 Å². The largest absolute Gasteiger partial charge is 0.329 e. The van der Waals surface area contributed by atoms with E-state index < -0.39 is 15.1 Å². The lowest BCUT2D eigenvalue weighted by Gasteiger charge is -2.16. The number of rotatable bonds is 4. The second kappa shape index (κ2) is 5.33. The molecule has 0 unspecified atom stereocenters. The van der Waals surface area contributed by atoms with Crippen molar-refractivity contribution < 1.29 is 8.42 Å². The van der Waals surface area contributed by atoms with Crippen LogP contribution in [0.3, 0.4) is 0 Å². The van der Waals surface area contributed by atoms with Crippen molar-refractivity contribution in [3.63, 3.8) is 0 Å². The molecule has 0 aliphatic heterocycles. The summed E-state index contributed by atoms with van der Waals surface area (Å²) in [5.74, 6) is 0. The summed E-state index contributed by atoms with van der Waals surface area (Å²) in [6.45, 7) is 0.0707. The minimum absolute atomic E-state index is 0.0707. The molecule has 94 valence electrons. The van der Waals surface area contributed by atoms with E-state index in [1.165, 1.54) is 0 Å². The molecule has 0 fully saturated rings. The normalized spacial score (nSPS) is 13.2. The van der Waals surface area contributed by atoms with Crippen LogP contribution < -0.4 is 5.73 Å². The molecule has 0 amide bonds. The smallest absolute Gasteiger partial charge is 0.186 e. The molecule has 18 heavy (non-hydrogen) atoms. The van der Waals surface area contributed by atoms with E-state index in [1.54, 1.807) is 42.5 Å². The van der Waals surface area contributed by atoms with E-state index in [0.717, 1.165) is 5.56 Å². The molecule has 0 spiro atoms. The molecule has 0 aliphatic carbocycles. The fourth-order valence-corrected chi connectivity index (χ4v) is 3.52. The van der Waals surface area contributed by atoms with Gasteiger partial charge in [-0.25, -0.2) is 8.42 Å². The molecule has 2 N–H and O–H groups in total. The Hall–Kier alpha value is -1.65. The first kappa shape index (κ1) is 12.8. The number of nitrogens with two attached hydrogens (primary N) is 1. The van der Waals surface area contributed by atoms with E-state index >= 15 is 0 Å². The van der Waals surface area contributed by atoms with Gasteiger partial charge in [0.1, 0.15) is 5.25 Å². The van der Waals surface area contributed by atoms with Crippen molar-refractivity contribution in [1.29, 1.82) is 0 Å². The van der Waals surface area contributed by atoms with E-state index in [2.05, 4.69) is 0 Å². The van der Waals surface area contributed by atoms with Crippen molar-refractivity contribution in [2.45, 2.75) is 10.1 Å². The van der Waals surface area contributed by atoms with Crippen molar-refractivity contribution in [2.24, 2.45) is 5.73 Å². The first-order chi connectivity index (χ1) is 8.66. The maximum Gasteiger partial charge on any atom is 0.186 e. The zero-order valence-electron chi connectivity index (χ0n) is 9.86. The van der Waals surface area contributed by atoms with E-state index in [-0.39, 0.29) is 6.54 Å². The molecule has 0 radical (unpaired) electrons. The minimum Gasteiger partial charge on any atom is -0.329 e. The first-order valence-corrected chi connectivity index (χ1v) is 7.25. The average Bonchev–Trinajstić information content (AvgIpc) is 2.41. The molecule has 2 aromatic rings. The highest BCUT2D eigenvalue weighted by molar-refractivity contribution is 7.91. The van der Waals surface area contributed by atoms with Gasteiger partial charge in [-0.05, 0) is 17.7 Å². The van der Waals surface area contributed by atoms with Gasteiger partial charge in [0.25, 0.3) is 0 Å². The molecule has 2 rings (SSSR count). The van der Waals surface area contributed by atoms with Crippen molar-refractivity contribution in [2.75, 3.05) is 6.54 Å². The van der Waals surface area contributed by atoms with Gasteiger partial charge in [0.05, 0.1) is 4.90 Å². The van der Waals surface area contributed by atoms with Crippen LogP contribution in [-0.2, 0) is 9.84 Å². The Labute approximate surface area is 107 Å². The summed E-state index contributed by atoms with van der Waals surface area (Å²) in [5, 5.41) is -0.693. The van der Waals surface area contributed by atoms with Gasteiger partial charge >= 0.3 is 0 Å². The molecule has 0 heterocycles. The zero-order chi connectivity index (χ0) is 13.0. The summed E-state index contributed by atoms with van der Waals surface area (Å²) < 4.78 is 25.0. The number of sulfone groups is 1. The number of hydrogen-bond donors (Lipinski definition) is 1. The average molecular weight is 261 g/mol. The van der Waals surface area contributed by atoms with E-state index in [9.17, 15) is 8.42 Å². The van der Waals surface area contributed by atoms with Gasteiger partial charge in [0, 0.05) is 6.54 Å². The monoisotopic (exact) mass is 261 g/mol. The van der Waals surface area contributed by atoms with Gasteiger partial charge in [-0.2, -0.15) is 0 Å². The van der Waals surface area contributed by atoms with Crippen LogP contribution in [0.15, 0.2) is 65.6 Å². The standard InChI is InChI=1S/C14H15NO2S/c15-11-14(12-7-3-1-4-8-12)18(16,17)13-9-5-2-6-10-13/h1-10,14H,11,15H2/t14-/m0/s1.